The lowest BCUT2D eigenvalue weighted by atomic mass is 10.0. The van der Waals surface area contributed by atoms with E-state index in [0.717, 1.165) is 12.8 Å². The van der Waals surface area contributed by atoms with Crippen molar-refractivity contribution in [2.75, 3.05) is 6.54 Å². The van der Waals surface area contributed by atoms with Gasteiger partial charge in [-0.15, -0.1) is 12.4 Å². The molecule has 96 valence electrons. The van der Waals surface area contributed by atoms with Gasteiger partial charge in [-0.05, 0) is 24.7 Å². The lowest BCUT2D eigenvalue weighted by Crippen LogP contribution is -2.38. The topological polar surface area (TPSA) is 55.1 Å². The number of carbonyl (C=O) groups is 1. The van der Waals surface area contributed by atoms with Crippen LogP contribution in [0.1, 0.15) is 46.0 Å². The zero-order chi connectivity index (χ0) is 11.3. The van der Waals surface area contributed by atoms with Gasteiger partial charge >= 0.3 is 0 Å². The monoisotopic (exact) mass is 248 g/mol. The number of hydrogen-bond acceptors (Lipinski definition) is 2. The standard InChI is InChI=1S/C12H24N2O.ClH/c1-3-4-9(2)7-12(15)14-8-11(13)10-5-6-10;/h9-11H,3-8,13H2,1-2H3,(H,14,15);1H. The van der Waals surface area contributed by atoms with Gasteiger partial charge in [0.1, 0.15) is 0 Å². The number of hydrogen-bond donors (Lipinski definition) is 2. The van der Waals surface area contributed by atoms with E-state index in [1.165, 1.54) is 12.8 Å². The summed E-state index contributed by atoms with van der Waals surface area (Å²) in [5, 5.41) is 2.93. The van der Waals surface area contributed by atoms with Crippen molar-refractivity contribution in [3.8, 4) is 0 Å². The Labute approximate surface area is 105 Å². The molecule has 0 aromatic rings. The minimum absolute atomic E-state index is 0. The molecule has 1 saturated carbocycles. The van der Waals surface area contributed by atoms with Crippen molar-refractivity contribution in [2.45, 2.75) is 52.0 Å². The van der Waals surface area contributed by atoms with Crippen molar-refractivity contribution < 1.29 is 4.79 Å². The highest BCUT2D eigenvalue weighted by molar-refractivity contribution is 5.85. The predicted molar refractivity (Wildman–Crippen MR) is 69.6 cm³/mol. The van der Waals surface area contributed by atoms with Crippen LogP contribution in [0.15, 0.2) is 0 Å². The second kappa shape index (κ2) is 7.91. The second-order valence-electron chi connectivity index (χ2n) is 4.90. The lowest BCUT2D eigenvalue weighted by Gasteiger charge is -2.13. The third-order valence-corrected chi connectivity index (χ3v) is 3.08. The van der Waals surface area contributed by atoms with Crippen LogP contribution in [0.2, 0.25) is 0 Å². The van der Waals surface area contributed by atoms with Gasteiger partial charge in [0.15, 0.2) is 0 Å². The van der Waals surface area contributed by atoms with Gasteiger partial charge in [-0.25, -0.2) is 0 Å². The van der Waals surface area contributed by atoms with Gasteiger partial charge < -0.3 is 11.1 Å². The van der Waals surface area contributed by atoms with E-state index in [1.54, 1.807) is 0 Å². The zero-order valence-electron chi connectivity index (χ0n) is 10.4. The van der Waals surface area contributed by atoms with Crippen molar-refractivity contribution in [3.05, 3.63) is 0 Å². The largest absolute Gasteiger partial charge is 0.355 e. The van der Waals surface area contributed by atoms with Crippen LogP contribution in [-0.2, 0) is 4.79 Å². The fourth-order valence-electron chi connectivity index (χ4n) is 1.91. The van der Waals surface area contributed by atoms with E-state index in [0.29, 0.717) is 24.8 Å². The molecule has 0 bridgehead atoms. The average molecular weight is 249 g/mol. The van der Waals surface area contributed by atoms with E-state index in [4.69, 9.17) is 5.73 Å². The molecule has 1 amide bonds. The predicted octanol–water partition coefficient (Wildman–Crippen LogP) is 2.09. The summed E-state index contributed by atoms with van der Waals surface area (Å²) in [6.45, 7) is 4.93. The minimum atomic E-state index is 0. The molecule has 1 aliphatic rings. The summed E-state index contributed by atoms with van der Waals surface area (Å²) >= 11 is 0. The number of nitrogens with two attached hydrogens (primary N) is 1. The quantitative estimate of drug-likeness (QED) is 0.725. The van der Waals surface area contributed by atoms with Crippen molar-refractivity contribution in [2.24, 2.45) is 17.6 Å². The zero-order valence-corrected chi connectivity index (χ0v) is 11.2. The molecule has 16 heavy (non-hydrogen) atoms. The molecule has 2 atom stereocenters. The summed E-state index contributed by atoms with van der Waals surface area (Å²) in [6, 6.07) is 0.176. The normalized spacial score (nSPS) is 18.4. The number of amides is 1. The van der Waals surface area contributed by atoms with Gasteiger partial charge in [0, 0.05) is 19.0 Å². The Morgan fingerprint density at radius 1 is 1.50 bits per heavy atom. The van der Waals surface area contributed by atoms with Crippen LogP contribution in [0.4, 0.5) is 0 Å². The highest BCUT2D eigenvalue weighted by Crippen LogP contribution is 2.31. The molecule has 2 unspecified atom stereocenters. The first-order valence-electron chi connectivity index (χ1n) is 6.15. The van der Waals surface area contributed by atoms with E-state index in [9.17, 15) is 4.79 Å². The molecule has 0 aromatic carbocycles. The average Bonchev–Trinajstić information content (AvgIpc) is 2.97. The third kappa shape index (κ3) is 6.33. The Balaban J connectivity index is 0.00000225. The second-order valence-corrected chi connectivity index (χ2v) is 4.90. The molecule has 1 rings (SSSR count). The highest BCUT2D eigenvalue weighted by Gasteiger charge is 2.28. The maximum absolute atomic E-state index is 11.5. The molecule has 1 fully saturated rings. The summed E-state index contributed by atoms with van der Waals surface area (Å²) in [5.41, 5.74) is 5.90. The number of nitrogens with one attached hydrogen (secondary N) is 1. The Bertz CT molecular complexity index is 207. The van der Waals surface area contributed by atoms with Crippen LogP contribution in [0.5, 0.6) is 0 Å². The number of rotatable bonds is 7. The summed E-state index contributed by atoms with van der Waals surface area (Å²) in [6.07, 6.45) is 5.40. The van der Waals surface area contributed by atoms with Gasteiger partial charge in [-0.1, -0.05) is 26.7 Å². The first-order chi connectivity index (χ1) is 7.13. The molecule has 1 aliphatic carbocycles. The van der Waals surface area contributed by atoms with Gasteiger partial charge in [-0.3, -0.25) is 4.79 Å². The summed E-state index contributed by atoms with van der Waals surface area (Å²) < 4.78 is 0. The number of halogens is 1. The molecule has 3 nitrogen and oxygen atoms in total. The molecule has 0 spiro atoms. The molecular weight excluding hydrogens is 224 g/mol. The molecule has 4 heteroatoms. The molecule has 3 N–H and O–H groups in total. The van der Waals surface area contributed by atoms with Gasteiger partial charge in [0.2, 0.25) is 5.91 Å². The van der Waals surface area contributed by atoms with E-state index in [2.05, 4.69) is 19.2 Å². The molecule has 0 saturated heterocycles. The Kier molecular flexibility index (Phi) is 7.77. The van der Waals surface area contributed by atoms with Crippen LogP contribution in [-0.4, -0.2) is 18.5 Å². The van der Waals surface area contributed by atoms with Crippen LogP contribution in [0.3, 0.4) is 0 Å². The Morgan fingerprint density at radius 2 is 2.12 bits per heavy atom. The molecule has 0 heterocycles. The lowest BCUT2D eigenvalue weighted by molar-refractivity contribution is -0.122. The van der Waals surface area contributed by atoms with Crippen LogP contribution < -0.4 is 11.1 Å². The summed E-state index contributed by atoms with van der Waals surface area (Å²) in [5.74, 6) is 1.32. The van der Waals surface area contributed by atoms with E-state index in [1.807, 2.05) is 0 Å². The highest BCUT2D eigenvalue weighted by atomic mass is 35.5. The SMILES string of the molecule is CCCC(C)CC(=O)NCC(N)C1CC1.Cl. The van der Waals surface area contributed by atoms with Gasteiger partial charge in [0.05, 0.1) is 0 Å². The van der Waals surface area contributed by atoms with E-state index >= 15 is 0 Å². The first-order valence-corrected chi connectivity index (χ1v) is 6.15. The molecule has 0 radical (unpaired) electrons. The first kappa shape index (κ1) is 15.7. The summed E-state index contributed by atoms with van der Waals surface area (Å²) in [4.78, 5) is 11.5. The van der Waals surface area contributed by atoms with Crippen molar-refractivity contribution in [3.63, 3.8) is 0 Å². The minimum Gasteiger partial charge on any atom is -0.355 e. The van der Waals surface area contributed by atoms with E-state index in [-0.39, 0.29) is 24.4 Å². The van der Waals surface area contributed by atoms with Gasteiger partial charge in [0.25, 0.3) is 0 Å². The molecular formula is C12H25ClN2O. The van der Waals surface area contributed by atoms with Crippen molar-refractivity contribution in [1.82, 2.24) is 5.32 Å². The number of carbonyl (C=O) groups excluding carboxylic acids is 1. The van der Waals surface area contributed by atoms with Crippen LogP contribution >= 0.6 is 12.4 Å². The molecule has 0 aliphatic heterocycles. The van der Waals surface area contributed by atoms with Gasteiger partial charge in [-0.2, -0.15) is 0 Å². The fourth-order valence-corrected chi connectivity index (χ4v) is 1.91. The maximum Gasteiger partial charge on any atom is 0.220 e. The van der Waals surface area contributed by atoms with Crippen LogP contribution in [0, 0.1) is 11.8 Å². The summed E-state index contributed by atoms with van der Waals surface area (Å²) in [7, 11) is 0. The fraction of sp³-hybridized carbons (Fsp3) is 0.917. The Morgan fingerprint density at radius 3 is 2.62 bits per heavy atom. The smallest absolute Gasteiger partial charge is 0.220 e. The van der Waals surface area contributed by atoms with Crippen molar-refractivity contribution in [1.29, 1.82) is 0 Å². The van der Waals surface area contributed by atoms with Crippen LogP contribution in [0.25, 0.3) is 0 Å². The Hall–Kier alpha value is -0.280. The molecule has 0 aromatic heterocycles. The van der Waals surface area contributed by atoms with E-state index < -0.39 is 0 Å². The maximum atomic E-state index is 11.5. The van der Waals surface area contributed by atoms with Crippen molar-refractivity contribution >= 4 is 18.3 Å². The third-order valence-electron chi connectivity index (χ3n) is 3.08.